The van der Waals surface area contributed by atoms with E-state index in [-0.39, 0.29) is 0 Å². The maximum atomic E-state index is 2.50. The second-order valence-electron chi connectivity index (χ2n) is 6.98. The monoisotopic (exact) mass is 332 g/mol. The van der Waals surface area contributed by atoms with Crippen molar-refractivity contribution in [3.05, 3.63) is 21.2 Å². The average molecular weight is 333 g/mol. The number of unbranched alkanes of at least 4 members (excludes halogenated alkanes) is 2. The predicted molar refractivity (Wildman–Crippen MR) is 104 cm³/mol. The summed E-state index contributed by atoms with van der Waals surface area (Å²) in [6.07, 6.45) is 13.2. The second-order valence-corrected chi connectivity index (χ2v) is 19.5. The van der Waals surface area contributed by atoms with Gasteiger partial charge in [0.05, 0.1) is 16.1 Å². The van der Waals surface area contributed by atoms with Gasteiger partial charge in [0, 0.05) is 0 Å². The van der Waals surface area contributed by atoms with Gasteiger partial charge in [0.1, 0.15) is 0 Å². The minimum atomic E-state index is -1.09. The van der Waals surface area contributed by atoms with Crippen LogP contribution in [-0.4, -0.2) is 28.7 Å². The Kier molecular flexibility index (Phi) is 9.09. The van der Waals surface area contributed by atoms with Gasteiger partial charge in [-0.05, 0) is 40.8 Å². The van der Waals surface area contributed by atoms with Crippen molar-refractivity contribution in [2.75, 3.05) is 12.5 Å². The minimum Gasteiger partial charge on any atom is -0.139 e. The van der Waals surface area contributed by atoms with E-state index in [0.29, 0.717) is 0 Å². The van der Waals surface area contributed by atoms with E-state index >= 15 is 0 Å². The molecule has 0 fully saturated rings. The fraction of sp³-hybridized carbons (Fsp3) is 0.733. The molecule has 0 atom stereocenters. The van der Waals surface area contributed by atoms with E-state index in [1.54, 1.807) is 9.06 Å². The first-order valence-electron chi connectivity index (χ1n) is 7.12. The van der Waals surface area contributed by atoms with Crippen LogP contribution in [0.1, 0.15) is 19.3 Å². The number of hydrogen-bond acceptors (Lipinski definition) is 2. The average Bonchev–Trinajstić information content (AvgIpc) is 2.24. The Morgan fingerprint density at radius 3 is 1.26 bits per heavy atom. The van der Waals surface area contributed by atoms with Gasteiger partial charge in [0.15, 0.2) is 0 Å². The van der Waals surface area contributed by atoms with Gasteiger partial charge in [-0.3, -0.25) is 0 Å². The van der Waals surface area contributed by atoms with E-state index in [0.717, 1.165) is 0 Å². The first kappa shape index (κ1) is 19.6. The summed E-state index contributed by atoms with van der Waals surface area (Å²) >= 11 is 3.92. The molecule has 0 aliphatic heterocycles. The molecule has 0 aromatic heterocycles. The smallest absolute Gasteiger partial charge is 0.0853 e. The highest BCUT2D eigenvalue weighted by molar-refractivity contribution is 8.04. The van der Waals surface area contributed by atoms with Gasteiger partial charge >= 0.3 is 0 Å². The summed E-state index contributed by atoms with van der Waals surface area (Å²) in [5.41, 5.74) is 0. The summed E-state index contributed by atoms with van der Waals surface area (Å²) in [5, 5.41) is 0. The number of thioether (sulfide) groups is 2. The predicted octanol–water partition coefficient (Wildman–Crippen LogP) is 6.41. The summed E-state index contributed by atoms with van der Waals surface area (Å²) in [5.74, 6) is 0. The van der Waals surface area contributed by atoms with Crippen molar-refractivity contribution in [1.29, 1.82) is 0 Å². The molecule has 0 bridgehead atoms. The van der Waals surface area contributed by atoms with Crippen molar-refractivity contribution in [1.82, 2.24) is 0 Å². The number of rotatable bonds is 8. The van der Waals surface area contributed by atoms with Crippen LogP contribution in [0, 0.1) is 0 Å². The lowest BCUT2D eigenvalue weighted by molar-refractivity contribution is 0.868. The summed E-state index contributed by atoms with van der Waals surface area (Å²) in [7, 11) is -2.19. The van der Waals surface area contributed by atoms with Gasteiger partial charge in [-0.2, -0.15) is 0 Å². The quantitative estimate of drug-likeness (QED) is 0.372. The Balaban J connectivity index is 4.32. The zero-order chi connectivity index (χ0) is 15.1. The standard InChI is InChI=1S/C15H32S2Si2/c1-16-14(18(3,4)5)12-10-9-11-13-15(17-2)19(6,7)8/h12-13H,9-11H2,1-8H3. The molecule has 0 aromatic rings. The highest BCUT2D eigenvalue weighted by Crippen LogP contribution is 2.27. The summed E-state index contributed by atoms with van der Waals surface area (Å²) < 4.78 is 3.32. The van der Waals surface area contributed by atoms with Crippen molar-refractivity contribution in [3.8, 4) is 0 Å². The Morgan fingerprint density at radius 2 is 1.05 bits per heavy atom. The summed E-state index contributed by atoms with van der Waals surface area (Å²) in [6, 6.07) is 0. The maximum Gasteiger partial charge on any atom is 0.0853 e. The Bertz CT molecular complexity index is 288. The van der Waals surface area contributed by atoms with Gasteiger partial charge in [-0.25, -0.2) is 0 Å². The number of allylic oxidation sites excluding steroid dienone is 2. The van der Waals surface area contributed by atoms with Gasteiger partial charge in [0.2, 0.25) is 0 Å². The lowest BCUT2D eigenvalue weighted by Crippen LogP contribution is -2.22. The second kappa shape index (κ2) is 8.80. The van der Waals surface area contributed by atoms with Gasteiger partial charge in [-0.15, -0.1) is 23.5 Å². The van der Waals surface area contributed by atoms with E-state index in [1.807, 2.05) is 23.5 Å². The molecule has 0 amide bonds. The van der Waals surface area contributed by atoms with Crippen LogP contribution < -0.4 is 0 Å². The van der Waals surface area contributed by atoms with Crippen molar-refractivity contribution < 1.29 is 0 Å². The van der Waals surface area contributed by atoms with E-state index in [9.17, 15) is 0 Å². The van der Waals surface area contributed by atoms with Crippen LogP contribution in [-0.2, 0) is 0 Å². The normalized spacial score (nSPS) is 14.9. The van der Waals surface area contributed by atoms with Gasteiger partial charge in [-0.1, -0.05) is 51.4 Å². The minimum absolute atomic E-state index is 1.09. The number of hydrogen-bond donors (Lipinski definition) is 0. The molecule has 0 heterocycles. The molecule has 0 saturated heterocycles. The molecule has 0 radical (unpaired) electrons. The lowest BCUT2D eigenvalue weighted by atomic mass is 10.2. The molecule has 0 aliphatic carbocycles. The van der Waals surface area contributed by atoms with Crippen LogP contribution in [0.4, 0.5) is 0 Å². The Labute approximate surface area is 131 Å². The third kappa shape index (κ3) is 8.48. The largest absolute Gasteiger partial charge is 0.139 e. The Morgan fingerprint density at radius 1 is 0.737 bits per heavy atom. The fourth-order valence-corrected chi connectivity index (χ4v) is 8.96. The van der Waals surface area contributed by atoms with Crippen LogP contribution in [0.25, 0.3) is 0 Å². The maximum absolute atomic E-state index is 2.50. The highest BCUT2D eigenvalue weighted by atomic mass is 32.2. The van der Waals surface area contributed by atoms with Crippen molar-refractivity contribution in [3.63, 3.8) is 0 Å². The molecule has 0 spiro atoms. The molecular formula is C15H32S2Si2. The van der Waals surface area contributed by atoms with Gasteiger partial charge in [0.25, 0.3) is 0 Å². The molecule has 0 nitrogen and oxygen atoms in total. The van der Waals surface area contributed by atoms with E-state index in [4.69, 9.17) is 0 Å². The summed E-state index contributed by atoms with van der Waals surface area (Å²) in [6.45, 7) is 14.6. The molecule has 0 aromatic carbocycles. The topological polar surface area (TPSA) is 0 Å². The molecule has 112 valence electrons. The van der Waals surface area contributed by atoms with E-state index < -0.39 is 16.1 Å². The van der Waals surface area contributed by atoms with Gasteiger partial charge < -0.3 is 0 Å². The highest BCUT2D eigenvalue weighted by Gasteiger charge is 2.19. The summed E-state index contributed by atoms with van der Waals surface area (Å²) in [4.78, 5) is 0. The van der Waals surface area contributed by atoms with Crippen LogP contribution in [0.15, 0.2) is 21.2 Å². The zero-order valence-electron chi connectivity index (χ0n) is 14.1. The molecule has 19 heavy (non-hydrogen) atoms. The van der Waals surface area contributed by atoms with Crippen molar-refractivity contribution in [2.45, 2.75) is 58.5 Å². The van der Waals surface area contributed by atoms with Crippen LogP contribution in [0.3, 0.4) is 0 Å². The fourth-order valence-electron chi connectivity index (χ4n) is 1.98. The SMILES string of the molecule is CSC(=CCCCC=C(SC)[Si](C)(C)C)[Si](C)(C)C. The molecule has 0 rings (SSSR count). The molecular weight excluding hydrogens is 300 g/mol. The van der Waals surface area contributed by atoms with Crippen molar-refractivity contribution >= 4 is 39.7 Å². The molecule has 4 heteroatoms. The third-order valence-electron chi connectivity index (χ3n) is 2.99. The Hall–Kier alpha value is 0.614. The van der Waals surface area contributed by atoms with Crippen molar-refractivity contribution in [2.24, 2.45) is 0 Å². The molecule has 0 unspecified atom stereocenters. The van der Waals surface area contributed by atoms with Crippen LogP contribution in [0.2, 0.25) is 39.3 Å². The molecule has 0 N–H and O–H groups in total. The lowest BCUT2D eigenvalue weighted by Gasteiger charge is -2.19. The molecule has 0 saturated carbocycles. The van der Waals surface area contributed by atoms with E-state index in [2.05, 4.69) is 63.9 Å². The first-order valence-corrected chi connectivity index (χ1v) is 16.6. The molecule has 0 aliphatic rings. The van der Waals surface area contributed by atoms with Crippen LogP contribution in [0.5, 0.6) is 0 Å². The zero-order valence-corrected chi connectivity index (χ0v) is 17.7. The van der Waals surface area contributed by atoms with Crippen LogP contribution >= 0.6 is 23.5 Å². The van der Waals surface area contributed by atoms with E-state index in [1.165, 1.54) is 19.3 Å². The first-order chi connectivity index (χ1) is 8.62. The third-order valence-corrected chi connectivity index (χ3v) is 12.5.